The molecule has 0 unspecified atom stereocenters. The number of carbonyl (C=O) groups is 2. The molecule has 1 aliphatic heterocycles. The molecule has 1 saturated heterocycles. The summed E-state index contributed by atoms with van der Waals surface area (Å²) >= 11 is 1.38. The number of carbonyl (C=O) groups excluding carboxylic acids is 1. The first kappa shape index (κ1) is 12.1. The second kappa shape index (κ2) is 4.85. The second-order valence-corrected chi connectivity index (χ2v) is 4.80. The molecule has 0 radical (unpaired) electrons. The fraction of sp³-hybridized carbons (Fsp3) is 0.455. The molecular weight excluding hydrogens is 242 g/mol. The van der Waals surface area contributed by atoms with Gasteiger partial charge in [-0.25, -0.2) is 4.79 Å². The number of aliphatic carboxylic acids is 1. The van der Waals surface area contributed by atoms with Gasteiger partial charge in [-0.1, -0.05) is 0 Å². The van der Waals surface area contributed by atoms with Crippen LogP contribution in [0.3, 0.4) is 0 Å². The van der Waals surface area contributed by atoms with E-state index in [2.05, 4.69) is 0 Å². The number of carboxylic acid groups (broad SMARTS) is 1. The average molecular weight is 255 g/mol. The van der Waals surface area contributed by atoms with Crippen LogP contribution >= 0.6 is 11.3 Å². The summed E-state index contributed by atoms with van der Waals surface area (Å²) in [5.41, 5.74) is 0.929. The Balaban J connectivity index is 2.10. The number of hydrogen-bond donors (Lipinski definition) is 1. The Morgan fingerprint density at radius 2 is 2.35 bits per heavy atom. The number of hydrogen-bond acceptors (Lipinski definition) is 4. The van der Waals surface area contributed by atoms with E-state index in [0.29, 0.717) is 11.4 Å². The SMILES string of the molecule is Cc1ccsc1C(=O)N1CCO[C@H](C(=O)O)C1. The van der Waals surface area contributed by atoms with Crippen LogP contribution in [-0.2, 0) is 9.53 Å². The Kier molecular flexibility index (Phi) is 3.44. The third-order valence-corrected chi connectivity index (χ3v) is 3.69. The number of carboxylic acids is 1. The van der Waals surface area contributed by atoms with Crippen LogP contribution in [0.5, 0.6) is 0 Å². The van der Waals surface area contributed by atoms with E-state index in [1.54, 1.807) is 4.90 Å². The number of morpholine rings is 1. The van der Waals surface area contributed by atoms with Gasteiger partial charge >= 0.3 is 5.97 Å². The summed E-state index contributed by atoms with van der Waals surface area (Å²) in [7, 11) is 0. The first-order valence-electron chi connectivity index (χ1n) is 5.27. The van der Waals surface area contributed by atoms with Crippen molar-refractivity contribution in [3.05, 3.63) is 21.9 Å². The summed E-state index contributed by atoms with van der Waals surface area (Å²) in [6, 6.07) is 1.88. The smallest absolute Gasteiger partial charge is 0.334 e. The third-order valence-electron chi connectivity index (χ3n) is 2.69. The number of ether oxygens (including phenoxy) is 1. The van der Waals surface area contributed by atoms with Crippen molar-refractivity contribution in [2.24, 2.45) is 0 Å². The lowest BCUT2D eigenvalue weighted by Crippen LogP contribution is -2.48. The summed E-state index contributed by atoms with van der Waals surface area (Å²) in [5.74, 6) is -1.13. The van der Waals surface area contributed by atoms with Crippen molar-refractivity contribution in [1.29, 1.82) is 0 Å². The minimum absolute atomic E-state index is 0.105. The highest BCUT2D eigenvalue weighted by molar-refractivity contribution is 7.12. The standard InChI is InChI=1S/C11H13NO4S/c1-7-2-5-17-9(7)10(13)12-3-4-16-8(6-12)11(14)15/h2,5,8H,3-4,6H2,1H3,(H,14,15)/t8-/m0/s1. The lowest BCUT2D eigenvalue weighted by molar-refractivity contribution is -0.154. The van der Waals surface area contributed by atoms with Gasteiger partial charge in [-0.3, -0.25) is 4.79 Å². The van der Waals surface area contributed by atoms with Gasteiger partial charge in [0, 0.05) is 6.54 Å². The van der Waals surface area contributed by atoms with Crippen LogP contribution in [0.4, 0.5) is 0 Å². The Labute approximate surface area is 103 Å². The first-order chi connectivity index (χ1) is 8.09. The largest absolute Gasteiger partial charge is 0.479 e. The highest BCUT2D eigenvalue weighted by Crippen LogP contribution is 2.19. The van der Waals surface area contributed by atoms with Gasteiger partial charge in [-0.15, -0.1) is 11.3 Å². The van der Waals surface area contributed by atoms with Crippen LogP contribution in [0, 0.1) is 6.92 Å². The Morgan fingerprint density at radius 1 is 1.59 bits per heavy atom. The highest BCUT2D eigenvalue weighted by Gasteiger charge is 2.30. The van der Waals surface area contributed by atoms with Crippen molar-refractivity contribution < 1.29 is 19.4 Å². The molecule has 0 saturated carbocycles. The molecule has 0 aliphatic carbocycles. The van der Waals surface area contributed by atoms with Gasteiger partial charge in [0.15, 0.2) is 6.10 Å². The number of rotatable bonds is 2. The molecule has 6 heteroatoms. The van der Waals surface area contributed by atoms with Gasteiger partial charge in [0.25, 0.3) is 5.91 Å². The average Bonchev–Trinajstić information content (AvgIpc) is 2.74. The van der Waals surface area contributed by atoms with Crippen molar-refractivity contribution >= 4 is 23.2 Å². The fourth-order valence-corrected chi connectivity index (χ4v) is 2.61. The van der Waals surface area contributed by atoms with Gasteiger partial charge in [-0.05, 0) is 23.9 Å². The maximum atomic E-state index is 12.1. The zero-order chi connectivity index (χ0) is 12.4. The molecule has 0 bridgehead atoms. The Morgan fingerprint density at radius 3 is 2.94 bits per heavy atom. The highest BCUT2D eigenvalue weighted by atomic mass is 32.1. The predicted octanol–water partition coefficient (Wildman–Crippen LogP) is 0.982. The molecule has 92 valence electrons. The molecule has 1 amide bonds. The third kappa shape index (κ3) is 2.48. The lowest BCUT2D eigenvalue weighted by Gasteiger charge is -2.30. The van der Waals surface area contributed by atoms with Crippen LogP contribution < -0.4 is 0 Å². The molecule has 5 nitrogen and oxygen atoms in total. The van der Waals surface area contributed by atoms with E-state index >= 15 is 0 Å². The van der Waals surface area contributed by atoms with Crippen LogP contribution in [0.25, 0.3) is 0 Å². The summed E-state index contributed by atoms with van der Waals surface area (Å²) in [5, 5.41) is 10.7. The monoisotopic (exact) mass is 255 g/mol. The normalized spacial score (nSPS) is 20.3. The zero-order valence-corrected chi connectivity index (χ0v) is 10.2. The zero-order valence-electron chi connectivity index (χ0n) is 9.38. The molecule has 0 aromatic carbocycles. The maximum Gasteiger partial charge on any atom is 0.334 e. The van der Waals surface area contributed by atoms with Crippen molar-refractivity contribution in [2.75, 3.05) is 19.7 Å². The summed E-state index contributed by atoms with van der Waals surface area (Å²) < 4.78 is 5.08. The summed E-state index contributed by atoms with van der Waals surface area (Å²) in [6.45, 7) is 2.71. The molecule has 1 aliphatic rings. The lowest BCUT2D eigenvalue weighted by atomic mass is 10.2. The van der Waals surface area contributed by atoms with Crippen molar-refractivity contribution in [2.45, 2.75) is 13.0 Å². The van der Waals surface area contributed by atoms with Crippen molar-refractivity contribution in [1.82, 2.24) is 4.90 Å². The van der Waals surface area contributed by atoms with Gasteiger partial charge in [0.05, 0.1) is 18.0 Å². The molecule has 1 aromatic rings. The van der Waals surface area contributed by atoms with E-state index in [1.165, 1.54) is 11.3 Å². The van der Waals surface area contributed by atoms with Crippen LogP contribution in [0.2, 0.25) is 0 Å². The van der Waals surface area contributed by atoms with E-state index in [1.807, 2.05) is 18.4 Å². The molecular formula is C11H13NO4S. The molecule has 0 spiro atoms. The number of nitrogens with zero attached hydrogens (tertiary/aromatic N) is 1. The fourth-order valence-electron chi connectivity index (χ4n) is 1.72. The number of aryl methyl sites for hydroxylation is 1. The summed E-state index contributed by atoms with van der Waals surface area (Å²) in [4.78, 5) is 25.2. The van der Waals surface area contributed by atoms with E-state index in [0.717, 1.165) is 5.56 Å². The predicted molar refractivity (Wildman–Crippen MR) is 62.3 cm³/mol. The van der Waals surface area contributed by atoms with Crippen LogP contribution in [0.1, 0.15) is 15.2 Å². The van der Waals surface area contributed by atoms with Crippen LogP contribution in [-0.4, -0.2) is 47.7 Å². The molecule has 1 fully saturated rings. The Bertz CT molecular complexity index is 442. The van der Waals surface area contributed by atoms with E-state index in [4.69, 9.17) is 9.84 Å². The number of thiophene rings is 1. The van der Waals surface area contributed by atoms with Crippen molar-refractivity contribution in [3.8, 4) is 0 Å². The Hall–Kier alpha value is -1.40. The molecule has 2 rings (SSSR count). The van der Waals surface area contributed by atoms with Crippen LogP contribution in [0.15, 0.2) is 11.4 Å². The van der Waals surface area contributed by atoms with E-state index in [-0.39, 0.29) is 19.1 Å². The maximum absolute atomic E-state index is 12.1. The van der Waals surface area contributed by atoms with Gasteiger partial charge in [0.1, 0.15) is 0 Å². The second-order valence-electron chi connectivity index (χ2n) is 3.88. The molecule has 1 aromatic heterocycles. The molecule has 2 heterocycles. The summed E-state index contributed by atoms with van der Waals surface area (Å²) in [6.07, 6.45) is -0.909. The minimum atomic E-state index is -1.02. The number of amides is 1. The molecule has 17 heavy (non-hydrogen) atoms. The quantitative estimate of drug-likeness (QED) is 0.855. The molecule has 1 atom stereocenters. The first-order valence-corrected chi connectivity index (χ1v) is 6.15. The van der Waals surface area contributed by atoms with E-state index in [9.17, 15) is 9.59 Å². The van der Waals surface area contributed by atoms with Gasteiger partial charge in [-0.2, -0.15) is 0 Å². The topological polar surface area (TPSA) is 66.8 Å². The minimum Gasteiger partial charge on any atom is -0.479 e. The van der Waals surface area contributed by atoms with Gasteiger partial charge in [0.2, 0.25) is 0 Å². The van der Waals surface area contributed by atoms with Gasteiger partial charge < -0.3 is 14.7 Å². The van der Waals surface area contributed by atoms with E-state index < -0.39 is 12.1 Å². The van der Waals surface area contributed by atoms with Crippen molar-refractivity contribution in [3.63, 3.8) is 0 Å². The molecule has 1 N–H and O–H groups in total.